The molecule has 1 saturated carbocycles. The number of halogens is 1. The second kappa shape index (κ2) is 7.46. The monoisotopic (exact) mass is 374 g/mol. The zero-order valence-corrected chi connectivity index (χ0v) is 15.2. The van der Waals surface area contributed by atoms with Crippen molar-refractivity contribution in [3.05, 3.63) is 71.0 Å². The number of likely N-dealkylation sites (tertiary alicyclic amines) is 1. The van der Waals surface area contributed by atoms with E-state index in [0.717, 1.165) is 24.0 Å². The van der Waals surface area contributed by atoms with Gasteiger partial charge in [0, 0.05) is 17.4 Å². The molecule has 3 atom stereocenters. The first-order chi connectivity index (χ1) is 13.6. The molecule has 0 spiro atoms. The number of carbonyl (C=O) groups excluding carboxylic acids is 1. The summed E-state index contributed by atoms with van der Waals surface area (Å²) in [7, 11) is 0. The van der Waals surface area contributed by atoms with Crippen molar-refractivity contribution in [1.82, 2.24) is 4.90 Å². The van der Waals surface area contributed by atoms with Crippen molar-refractivity contribution in [1.29, 1.82) is 5.26 Å². The Hall–Kier alpha value is -3.15. The van der Waals surface area contributed by atoms with E-state index in [1.54, 1.807) is 23.1 Å². The Bertz CT molecular complexity index is 996. The summed E-state index contributed by atoms with van der Waals surface area (Å²) in [4.78, 5) is 14.0. The van der Waals surface area contributed by atoms with Gasteiger partial charge in [-0.1, -0.05) is 36.1 Å². The molecule has 2 aromatic carbocycles. The van der Waals surface area contributed by atoms with Crippen LogP contribution in [0.4, 0.5) is 4.39 Å². The summed E-state index contributed by atoms with van der Waals surface area (Å²) in [5.41, 5.74) is 1.96. The van der Waals surface area contributed by atoms with E-state index in [4.69, 9.17) is 0 Å². The molecule has 2 aliphatic rings. The number of aliphatic hydroxyl groups is 1. The molecular weight excluding hydrogens is 355 g/mol. The summed E-state index contributed by atoms with van der Waals surface area (Å²) in [6.07, 6.45) is 1.73. The minimum absolute atomic E-state index is 0.0156. The van der Waals surface area contributed by atoms with Crippen LogP contribution in [-0.2, 0) is 4.79 Å². The van der Waals surface area contributed by atoms with E-state index in [9.17, 15) is 19.6 Å². The van der Waals surface area contributed by atoms with Gasteiger partial charge in [0.25, 0.3) is 0 Å². The molecule has 0 aromatic heterocycles. The van der Waals surface area contributed by atoms with E-state index < -0.39 is 6.04 Å². The Kier molecular flexibility index (Phi) is 4.86. The van der Waals surface area contributed by atoms with Crippen LogP contribution in [0.15, 0.2) is 48.5 Å². The fourth-order valence-corrected chi connectivity index (χ4v) is 3.74. The van der Waals surface area contributed by atoms with Gasteiger partial charge in [0.15, 0.2) is 0 Å². The first-order valence-corrected chi connectivity index (χ1v) is 9.33. The van der Waals surface area contributed by atoms with Crippen LogP contribution in [0.5, 0.6) is 0 Å². The highest BCUT2D eigenvalue weighted by atomic mass is 19.1. The maximum absolute atomic E-state index is 13.7. The van der Waals surface area contributed by atoms with Crippen LogP contribution in [0, 0.1) is 34.9 Å². The normalized spacial score (nSPS) is 23.2. The second-order valence-corrected chi connectivity index (χ2v) is 7.22. The van der Waals surface area contributed by atoms with Gasteiger partial charge in [-0.3, -0.25) is 4.79 Å². The zero-order valence-electron chi connectivity index (χ0n) is 15.2. The summed E-state index contributed by atoms with van der Waals surface area (Å²) in [5.74, 6) is 5.18. The summed E-state index contributed by atoms with van der Waals surface area (Å²) >= 11 is 0. The number of benzene rings is 2. The van der Waals surface area contributed by atoms with Crippen LogP contribution >= 0.6 is 0 Å². The summed E-state index contributed by atoms with van der Waals surface area (Å²) in [6.45, 7) is -0.170. The molecule has 2 fully saturated rings. The van der Waals surface area contributed by atoms with Crippen LogP contribution in [0.25, 0.3) is 0 Å². The third-order valence-electron chi connectivity index (χ3n) is 5.42. The standard InChI is InChI=1S/C23H19FN2O2/c24-19-4-2-1-3-16(19)8-5-15-6-9-17(10-7-15)22-20(13-25)26(21(22)14-27)23(28)18-11-12-18/h1-4,6-7,9-10,18,20-22,27H,11-12,14H2/t20-,21-,22-/m0/s1. The van der Waals surface area contributed by atoms with Gasteiger partial charge in [0.2, 0.25) is 5.91 Å². The van der Waals surface area contributed by atoms with Crippen LogP contribution in [0.2, 0.25) is 0 Å². The third kappa shape index (κ3) is 3.26. The molecule has 0 unspecified atom stereocenters. The van der Waals surface area contributed by atoms with Crippen LogP contribution in [0.1, 0.15) is 35.4 Å². The van der Waals surface area contributed by atoms with Gasteiger partial charge in [-0.05, 0) is 42.7 Å². The average molecular weight is 374 g/mol. The van der Waals surface area contributed by atoms with E-state index in [0.29, 0.717) is 5.56 Å². The molecule has 1 amide bonds. The van der Waals surface area contributed by atoms with Crippen molar-refractivity contribution in [3.8, 4) is 17.9 Å². The first kappa shape index (κ1) is 18.2. The van der Waals surface area contributed by atoms with Gasteiger partial charge < -0.3 is 10.0 Å². The minimum atomic E-state index is -0.555. The molecule has 0 bridgehead atoms. The van der Waals surface area contributed by atoms with Crippen LogP contribution < -0.4 is 0 Å². The molecule has 1 heterocycles. The lowest BCUT2D eigenvalue weighted by Crippen LogP contribution is -2.65. The number of hydrogen-bond acceptors (Lipinski definition) is 3. The molecule has 1 saturated heterocycles. The molecule has 4 nitrogen and oxygen atoms in total. The van der Waals surface area contributed by atoms with Crippen molar-refractivity contribution in [3.63, 3.8) is 0 Å². The lowest BCUT2D eigenvalue weighted by atomic mass is 9.75. The Balaban J connectivity index is 1.53. The molecule has 140 valence electrons. The van der Waals surface area contributed by atoms with E-state index in [2.05, 4.69) is 17.9 Å². The van der Waals surface area contributed by atoms with Gasteiger partial charge in [-0.15, -0.1) is 0 Å². The maximum Gasteiger partial charge on any atom is 0.227 e. The Morgan fingerprint density at radius 3 is 2.46 bits per heavy atom. The third-order valence-corrected chi connectivity index (χ3v) is 5.42. The molecule has 4 rings (SSSR count). The summed E-state index contributed by atoms with van der Waals surface area (Å²) < 4.78 is 13.7. The lowest BCUT2D eigenvalue weighted by Gasteiger charge is -2.51. The van der Waals surface area contributed by atoms with Crippen molar-refractivity contribution in [2.24, 2.45) is 5.92 Å². The summed E-state index contributed by atoms with van der Waals surface area (Å²) in [6, 6.07) is 15.0. The zero-order chi connectivity index (χ0) is 19.7. The highest BCUT2D eigenvalue weighted by molar-refractivity contribution is 5.83. The highest BCUT2D eigenvalue weighted by Gasteiger charge is 2.53. The Morgan fingerprint density at radius 1 is 1.14 bits per heavy atom. The van der Waals surface area contributed by atoms with Gasteiger partial charge in [0.1, 0.15) is 11.9 Å². The number of rotatable bonds is 3. The quantitative estimate of drug-likeness (QED) is 0.841. The molecular formula is C23H19FN2O2. The lowest BCUT2D eigenvalue weighted by molar-refractivity contribution is -0.148. The number of nitriles is 1. The van der Waals surface area contributed by atoms with Gasteiger partial charge in [-0.25, -0.2) is 4.39 Å². The predicted octanol–water partition coefficient (Wildman–Crippen LogP) is 2.81. The van der Waals surface area contributed by atoms with E-state index >= 15 is 0 Å². The molecule has 28 heavy (non-hydrogen) atoms. The van der Waals surface area contributed by atoms with E-state index in [1.165, 1.54) is 6.07 Å². The molecule has 1 aliphatic carbocycles. The largest absolute Gasteiger partial charge is 0.394 e. The van der Waals surface area contributed by atoms with Gasteiger partial charge in [-0.2, -0.15) is 5.26 Å². The number of amides is 1. The number of aliphatic hydroxyl groups excluding tert-OH is 1. The molecule has 5 heteroatoms. The molecule has 1 N–H and O–H groups in total. The number of nitrogens with zero attached hydrogens (tertiary/aromatic N) is 2. The smallest absolute Gasteiger partial charge is 0.227 e. The molecule has 2 aromatic rings. The van der Waals surface area contributed by atoms with Gasteiger partial charge in [0.05, 0.1) is 24.3 Å². The Morgan fingerprint density at radius 2 is 1.86 bits per heavy atom. The van der Waals surface area contributed by atoms with Crippen LogP contribution in [-0.4, -0.2) is 34.6 Å². The van der Waals surface area contributed by atoms with E-state index in [1.807, 2.05) is 24.3 Å². The van der Waals surface area contributed by atoms with Crippen molar-refractivity contribution in [2.75, 3.05) is 6.61 Å². The SMILES string of the molecule is N#C[C@H]1[C@H](c2ccc(C#Cc3ccccc3F)cc2)[C@H](CO)N1C(=O)C1CC1. The Labute approximate surface area is 163 Å². The first-order valence-electron chi connectivity index (χ1n) is 9.33. The van der Waals surface area contributed by atoms with Crippen molar-refractivity contribution in [2.45, 2.75) is 30.8 Å². The van der Waals surface area contributed by atoms with Crippen molar-refractivity contribution >= 4 is 5.91 Å². The number of hydrogen-bond donors (Lipinski definition) is 1. The molecule has 0 radical (unpaired) electrons. The summed E-state index contributed by atoms with van der Waals surface area (Å²) in [5, 5.41) is 19.3. The van der Waals surface area contributed by atoms with E-state index in [-0.39, 0.29) is 36.2 Å². The maximum atomic E-state index is 13.7. The molecule has 1 aliphatic heterocycles. The fourth-order valence-electron chi connectivity index (χ4n) is 3.74. The average Bonchev–Trinajstić information content (AvgIpc) is 3.53. The van der Waals surface area contributed by atoms with Crippen LogP contribution in [0.3, 0.4) is 0 Å². The number of carbonyl (C=O) groups is 1. The second-order valence-electron chi connectivity index (χ2n) is 7.22. The highest BCUT2D eigenvalue weighted by Crippen LogP contribution is 2.44. The minimum Gasteiger partial charge on any atom is -0.394 e. The van der Waals surface area contributed by atoms with Crippen molar-refractivity contribution < 1.29 is 14.3 Å². The fraction of sp³-hybridized carbons (Fsp3) is 0.304. The predicted molar refractivity (Wildman–Crippen MR) is 101 cm³/mol. The van der Waals surface area contributed by atoms with Gasteiger partial charge >= 0.3 is 0 Å². The topological polar surface area (TPSA) is 64.3 Å².